The first-order valence-electron chi connectivity index (χ1n) is 13.2. The van der Waals surface area contributed by atoms with Gasteiger partial charge in [-0.3, -0.25) is 13.9 Å². The lowest BCUT2D eigenvalue weighted by Crippen LogP contribution is -2.52. The Kier molecular flexibility index (Phi) is 11.0. The normalized spacial score (nSPS) is 11.9. The molecular weight excluding hydrogens is 550 g/mol. The molecule has 8 nitrogen and oxygen atoms in total. The van der Waals surface area contributed by atoms with Gasteiger partial charge in [0.1, 0.15) is 18.3 Å². The predicted molar refractivity (Wildman–Crippen MR) is 158 cm³/mol. The van der Waals surface area contributed by atoms with Crippen molar-refractivity contribution in [1.29, 1.82) is 0 Å². The lowest BCUT2D eigenvalue weighted by atomic mass is 10.1. The van der Waals surface area contributed by atoms with Crippen molar-refractivity contribution in [3.63, 3.8) is 0 Å². The number of rotatable bonds is 13. The number of ether oxygens (including phenoxy) is 1. The van der Waals surface area contributed by atoms with Gasteiger partial charge in [0.25, 0.3) is 10.0 Å². The minimum Gasteiger partial charge on any atom is -0.497 e. The van der Waals surface area contributed by atoms with Crippen LogP contribution in [0.4, 0.5) is 5.69 Å². The van der Waals surface area contributed by atoms with Gasteiger partial charge in [-0.2, -0.15) is 0 Å². The topological polar surface area (TPSA) is 96.0 Å². The van der Waals surface area contributed by atoms with Gasteiger partial charge in [0.2, 0.25) is 11.8 Å². The van der Waals surface area contributed by atoms with Gasteiger partial charge in [0.05, 0.1) is 17.7 Å². The molecule has 0 saturated carbocycles. The fourth-order valence-electron chi connectivity index (χ4n) is 4.34. The Morgan fingerprint density at radius 3 is 2.38 bits per heavy atom. The molecule has 0 aromatic heterocycles. The van der Waals surface area contributed by atoms with Crippen LogP contribution in [-0.2, 0) is 26.2 Å². The first-order chi connectivity index (χ1) is 19.1. The first-order valence-corrected chi connectivity index (χ1v) is 15.0. The molecule has 214 valence electrons. The second-order valence-corrected chi connectivity index (χ2v) is 11.6. The Bertz CT molecular complexity index is 1420. The molecule has 0 heterocycles. The summed E-state index contributed by atoms with van der Waals surface area (Å²) in [4.78, 5) is 28.8. The van der Waals surface area contributed by atoms with Crippen molar-refractivity contribution in [3.8, 4) is 5.75 Å². The van der Waals surface area contributed by atoms with Gasteiger partial charge >= 0.3 is 0 Å². The van der Waals surface area contributed by atoms with E-state index in [2.05, 4.69) is 5.32 Å². The number of nitrogens with one attached hydrogen (secondary N) is 1. The molecule has 1 N–H and O–H groups in total. The molecule has 40 heavy (non-hydrogen) atoms. The molecule has 0 spiro atoms. The Hall–Kier alpha value is -3.56. The van der Waals surface area contributed by atoms with Gasteiger partial charge < -0.3 is 15.0 Å². The van der Waals surface area contributed by atoms with E-state index in [0.29, 0.717) is 29.3 Å². The molecule has 3 aromatic carbocycles. The first kappa shape index (κ1) is 31.0. The van der Waals surface area contributed by atoms with E-state index in [1.165, 1.54) is 23.1 Å². The molecule has 0 unspecified atom stereocenters. The smallest absolute Gasteiger partial charge is 0.264 e. The van der Waals surface area contributed by atoms with Crippen LogP contribution in [0.15, 0.2) is 77.7 Å². The molecule has 0 aliphatic carbocycles. The van der Waals surface area contributed by atoms with Crippen molar-refractivity contribution >= 4 is 39.1 Å². The summed E-state index contributed by atoms with van der Waals surface area (Å²) in [6.45, 7) is 5.54. The van der Waals surface area contributed by atoms with E-state index in [0.717, 1.165) is 16.3 Å². The number of hydrogen-bond donors (Lipinski definition) is 1. The van der Waals surface area contributed by atoms with Crippen molar-refractivity contribution in [3.05, 3.63) is 88.9 Å². The van der Waals surface area contributed by atoms with E-state index in [9.17, 15) is 18.0 Å². The average molecular weight is 586 g/mol. The van der Waals surface area contributed by atoms with E-state index in [1.54, 1.807) is 62.6 Å². The molecule has 0 aliphatic heterocycles. The Morgan fingerprint density at radius 1 is 1.00 bits per heavy atom. The molecule has 10 heteroatoms. The number of amides is 2. The number of methoxy groups -OCH3 is 1. The second-order valence-electron chi connectivity index (χ2n) is 9.34. The van der Waals surface area contributed by atoms with Crippen LogP contribution in [0.5, 0.6) is 5.75 Å². The van der Waals surface area contributed by atoms with Crippen molar-refractivity contribution < 1.29 is 22.7 Å². The van der Waals surface area contributed by atoms with Gasteiger partial charge in [0, 0.05) is 18.1 Å². The third-order valence-electron chi connectivity index (χ3n) is 6.47. The van der Waals surface area contributed by atoms with Crippen molar-refractivity contribution in [1.82, 2.24) is 10.2 Å². The van der Waals surface area contributed by atoms with Crippen LogP contribution >= 0.6 is 11.6 Å². The summed E-state index contributed by atoms with van der Waals surface area (Å²) in [6, 6.07) is 19.2. The van der Waals surface area contributed by atoms with E-state index in [1.807, 2.05) is 19.9 Å². The number of benzene rings is 3. The van der Waals surface area contributed by atoms with Crippen molar-refractivity contribution in [2.75, 3.05) is 24.5 Å². The standard InChI is InChI=1S/C30H36ClN3O5S/c1-5-17-32-30(36)27(6-2)33(20-23-11-10-12-25(18-23)39-4)29(35)21-34(28-19-24(31)16-15-22(28)3)40(37,38)26-13-8-7-9-14-26/h7-16,18-19,27H,5-6,17,20-21H2,1-4H3,(H,32,36)/t27-/m1/s1. The zero-order valence-electron chi connectivity index (χ0n) is 23.3. The summed E-state index contributed by atoms with van der Waals surface area (Å²) in [5, 5.41) is 3.21. The van der Waals surface area contributed by atoms with Crippen molar-refractivity contribution in [2.45, 2.75) is 51.1 Å². The summed E-state index contributed by atoms with van der Waals surface area (Å²) < 4.78 is 34.3. The van der Waals surface area contributed by atoms with Gasteiger partial charge in [-0.1, -0.05) is 61.8 Å². The number of aryl methyl sites for hydroxylation is 1. The number of carbonyl (C=O) groups excluding carboxylic acids is 2. The summed E-state index contributed by atoms with van der Waals surface area (Å²) in [5.41, 5.74) is 1.66. The lowest BCUT2D eigenvalue weighted by molar-refractivity contribution is -0.140. The summed E-state index contributed by atoms with van der Waals surface area (Å²) in [5.74, 6) is -0.214. The molecule has 3 aromatic rings. The van der Waals surface area contributed by atoms with Gasteiger partial charge in [0.15, 0.2) is 0 Å². The van der Waals surface area contributed by atoms with Crippen LogP contribution in [0.2, 0.25) is 5.02 Å². The Balaban J connectivity index is 2.09. The number of anilines is 1. The van der Waals surface area contributed by atoms with Crippen LogP contribution in [-0.4, -0.2) is 51.4 Å². The fourth-order valence-corrected chi connectivity index (χ4v) is 6.00. The second kappa shape index (κ2) is 14.2. The highest BCUT2D eigenvalue weighted by Crippen LogP contribution is 2.30. The van der Waals surface area contributed by atoms with Crippen LogP contribution in [0.25, 0.3) is 0 Å². The van der Waals surface area contributed by atoms with Gasteiger partial charge in [-0.05, 0) is 67.3 Å². The third-order valence-corrected chi connectivity index (χ3v) is 8.48. The predicted octanol–water partition coefficient (Wildman–Crippen LogP) is 5.19. The zero-order chi connectivity index (χ0) is 29.3. The van der Waals surface area contributed by atoms with E-state index in [4.69, 9.17) is 16.3 Å². The molecule has 2 amide bonds. The van der Waals surface area contributed by atoms with Gasteiger partial charge in [-0.15, -0.1) is 0 Å². The highest BCUT2D eigenvalue weighted by Gasteiger charge is 2.34. The monoisotopic (exact) mass is 585 g/mol. The Labute approximate surface area is 241 Å². The van der Waals surface area contributed by atoms with Crippen LogP contribution in [0.3, 0.4) is 0 Å². The molecular formula is C30H36ClN3O5S. The quantitative estimate of drug-likeness (QED) is 0.298. The maximum atomic E-state index is 14.1. The minimum absolute atomic E-state index is 0.0363. The fraction of sp³-hybridized carbons (Fsp3) is 0.333. The van der Waals surface area contributed by atoms with Crippen LogP contribution in [0.1, 0.15) is 37.8 Å². The lowest BCUT2D eigenvalue weighted by Gasteiger charge is -2.33. The highest BCUT2D eigenvalue weighted by atomic mass is 35.5. The molecule has 0 fully saturated rings. The molecule has 0 radical (unpaired) electrons. The molecule has 0 aliphatic rings. The highest BCUT2D eigenvalue weighted by molar-refractivity contribution is 7.92. The average Bonchev–Trinajstić information content (AvgIpc) is 2.96. The van der Waals surface area contributed by atoms with E-state index >= 15 is 0 Å². The number of hydrogen-bond acceptors (Lipinski definition) is 5. The number of carbonyl (C=O) groups is 2. The van der Waals surface area contributed by atoms with Crippen LogP contribution in [0, 0.1) is 6.92 Å². The third kappa shape index (κ3) is 7.55. The number of nitrogens with zero attached hydrogens (tertiary/aromatic N) is 2. The molecule has 1 atom stereocenters. The zero-order valence-corrected chi connectivity index (χ0v) is 24.8. The summed E-state index contributed by atoms with van der Waals surface area (Å²) in [6.07, 6.45) is 1.08. The van der Waals surface area contributed by atoms with Crippen molar-refractivity contribution in [2.24, 2.45) is 0 Å². The summed E-state index contributed by atoms with van der Waals surface area (Å²) >= 11 is 6.27. The maximum absolute atomic E-state index is 14.1. The molecule has 0 bridgehead atoms. The van der Waals surface area contributed by atoms with Crippen LogP contribution < -0.4 is 14.4 Å². The number of halogens is 1. The Morgan fingerprint density at radius 2 is 1.73 bits per heavy atom. The van der Waals surface area contributed by atoms with E-state index < -0.39 is 28.5 Å². The minimum atomic E-state index is -4.17. The number of sulfonamides is 1. The maximum Gasteiger partial charge on any atom is 0.264 e. The largest absolute Gasteiger partial charge is 0.497 e. The molecule has 3 rings (SSSR count). The summed E-state index contributed by atoms with van der Waals surface area (Å²) in [7, 11) is -2.62. The van der Waals surface area contributed by atoms with E-state index in [-0.39, 0.29) is 23.0 Å². The SMILES string of the molecule is CCCNC(=O)[C@@H](CC)N(Cc1cccc(OC)c1)C(=O)CN(c1cc(Cl)ccc1C)S(=O)(=O)c1ccccc1. The van der Waals surface area contributed by atoms with Gasteiger partial charge in [-0.25, -0.2) is 8.42 Å². The molecule has 0 saturated heterocycles.